The summed E-state index contributed by atoms with van der Waals surface area (Å²) in [4.78, 5) is 30.3. The Labute approximate surface area is 188 Å². The van der Waals surface area contributed by atoms with E-state index in [0.717, 1.165) is 32.7 Å². The normalized spacial score (nSPS) is 18.1. The molecule has 4 rings (SSSR count). The summed E-state index contributed by atoms with van der Waals surface area (Å²) in [6.45, 7) is 8.58. The van der Waals surface area contributed by atoms with Crippen LogP contribution >= 0.6 is 0 Å². The summed E-state index contributed by atoms with van der Waals surface area (Å²) in [6, 6.07) is 7.94. The minimum atomic E-state index is -0.686. The highest BCUT2D eigenvalue weighted by atomic mass is 19.1. The number of anilines is 2. The van der Waals surface area contributed by atoms with Crippen LogP contribution < -0.4 is 10.2 Å². The Morgan fingerprint density at radius 3 is 2.50 bits per heavy atom. The lowest BCUT2D eigenvalue weighted by Crippen LogP contribution is -2.49. The fourth-order valence-electron chi connectivity index (χ4n) is 4.35. The molecule has 8 nitrogen and oxygen atoms in total. The van der Waals surface area contributed by atoms with Gasteiger partial charge in [-0.2, -0.15) is 4.68 Å². The van der Waals surface area contributed by atoms with Gasteiger partial charge in [-0.1, -0.05) is 12.1 Å². The highest BCUT2D eigenvalue weighted by Gasteiger charge is 2.25. The van der Waals surface area contributed by atoms with Gasteiger partial charge in [0, 0.05) is 70.7 Å². The van der Waals surface area contributed by atoms with E-state index in [1.165, 1.54) is 28.4 Å². The van der Waals surface area contributed by atoms with E-state index in [9.17, 15) is 14.0 Å². The number of alkyl halides is 1. The molecular weight excluding hydrogens is 411 g/mol. The zero-order chi connectivity index (χ0) is 22.7. The topological polar surface area (TPSA) is 73.7 Å². The Kier molecular flexibility index (Phi) is 6.74. The van der Waals surface area contributed by atoms with Gasteiger partial charge in [-0.3, -0.25) is 9.69 Å². The van der Waals surface area contributed by atoms with Crippen molar-refractivity contribution < 1.29 is 14.0 Å². The van der Waals surface area contributed by atoms with Crippen molar-refractivity contribution in [2.24, 2.45) is 0 Å². The Balaban J connectivity index is 1.35. The van der Waals surface area contributed by atoms with Gasteiger partial charge in [-0.15, -0.1) is 5.10 Å². The van der Waals surface area contributed by atoms with E-state index in [1.54, 1.807) is 17.2 Å². The van der Waals surface area contributed by atoms with E-state index in [4.69, 9.17) is 0 Å². The van der Waals surface area contributed by atoms with Gasteiger partial charge in [0.15, 0.2) is 5.82 Å². The molecule has 1 N–H and O–H groups in total. The van der Waals surface area contributed by atoms with Crippen LogP contribution in [-0.4, -0.2) is 77.0 Å². The Morgan fingerprint density at radius 2 is 1.81 bits per heavy atom. The lowest BCUT2D eigenvalue weighted by Gasteiger charge is -2.36. The van der Waals surface area contributed by atoms with Crippen molar-refractivity contribution in [2.45, 2.75) is 39.4 Å². The van der Waals surface area contributed by atoms with Crippen LogP contribution in [0.5, 0.6) is 0 Å². The second kappa shape index (κ2) is 9.68. The predicted octanol–water partition coefficient (Wildman–Crippen LogP) is 2.87. The van der Waals surface area contributed by atoms with Crippen LogP contribution in [0.2, 0.25) is 0 Å². The summed E-state index contributed by atoms with van der Waals surface area (Å²) in [7, 11) is 0. The minimum Gasteiger partial charge on any atom is -0.371 e. The molecule has 2 fully saturated rings. The molecule has 172 valence electrons. The largest absolute Gasteiger partial charge is 0.371 e. The maximum absolute atomic E-state index is 13.6. The lowest BCUT2D eigenvalue weighted by atomic mass is 10.0. The van der Waals surface area contributed by atoms with Gasteiger partial charge in [0.1, 0.15) is 6.17 Å². The van der Waals surface area contributed by atoms with Crippen LogP contribution in [0.3, 0.4) is 0 Å². The Morgan fingerprint density at radius 1 is 1.09 bits per heavy atom. The van der Waals surface area contributed by atoms with E-state index < -0.39 is 6.17 Å². The molecule has 0 saturated carbocycles. The van der Waals surface area contributed by atoms with Gasteiger partial charge in [0.2, 0.25) is 5.91 Å². The van der Waals surface area contributed by atoms with Crippen molar-refractivity contribution in [3.8, 4) is 0 Å². The number of carbonyl (C=O) groups is 2. The number of piperazine rings is 1. The van der Waals surface area contributed by atoms with Crippen LogP contribution in [0.25, 0.3) is 0 Å². The quantitative estimate of drug-likeness (QED) is 0.788. The lowest BCUT2D eigenvalue weighted by molar-refractivity contribution is -0.114. The van der Waals surface area contributed by atoms with Crippen LogP contribution in [0.15, 0.2) is 30.5 Å². The van der Waals surface area contributed by atoms with Gasteiger partial charge < -0.3 is 15.1 Å². The number of nitrogens with zero attached hydrogens (tertiary/aromatic N) is 5. The van der Waals surface area contributed by atoms with Gasteiger partial charge in [0.25, 0.3) is 0 Å². The molecule has 2 aromatic rings. The molecule has 0 spiro atoms. The van der Waals surface area contributed by atoms with Gasteiger partial charge in [-0.05, 0) is 37.0 Å². The zero-order valence-electron chi connectivity index (χ0n) is 18.8. The van der Waals surface area contributed by atoms with Crippen LogP contribution in [-0.2, 0) is 11.3 Å². The summed E-state index contributed by atoms with van der Waals surface area (Å²) in [5.41, 5.74) is 3.66. The Hall–Kier alpha value is -2.94. The summed E-state index contributed by atoms with van der Waals surface area (Å²) in [5, 5.41) is 6.72. The first-order valence-corrected chi connectivity index (χ1v) is 11.2. The van der Waals surface area contributed by atoms with E-state index in [0.29, 0.717) is 31.7 Å². The maximum atomic E-state index is 13.6. The maximum Gasteiger partial charge on any atom is 0.344 e. The highest BCUT2D eigenvalue weighted by Crippen LogP contribution is 2.28. The third-order valence-corrected chi connectivity index (χ3v) is 6.13. The third kappa shape index (κ3) is 5.27. The van der Waals surface area contributed by atoms with Gasteiger partial charge in [0.05, 0.1) is 0 Å². The number of piperidine rings is 1. The van der Waals surface area contributed by atoms with E-state index in [2.05, 4.69) is 45.3 Å². The fraction of sp³-hybridized carbons (Fsp3) is 0.522. The van der Waals surface area contributed by atoms with Crippen LogP contribution in [0, 0.1) is 6.92 Å². The molecule has 32 heavy (non-hydrogen) atoms. The molecule has 0 radical (unpaired) electrons. The monoisotopic (exact) mass is 442 g/mol. The number of nitrogens with one attached hydrogen (secondary N) is 1. The van der Waals surface area contributed by atoms with Crippen molar-refractivity contribution in [1.82, 2.24) is 19.6 Å². The number of rotatable bonds is 4. The molecule has 1 aromatic heterocycles. The molecule has 0 unspecified atom stereocenters. The first-order valence-electron chi connectivity index (χ1n) is 11.2. The smallest absolute Gasteiger partial charge is 0.344 e. The summed E-state index contributed by atoms with van der Waals surface area (Å²) in [5.74, 6) is 0.147. The van der Waals surface area contributed by atoms with Crippen molar-refractivity contribution >= 4 is 23.4 Å². The second-order valence-electron chi connectivity index (χ2n) is 8.67. The second-order valence-corrected chi connectivity index (χ2v) is 8.67. The fourth-order valence-corrected chi connectivity index (χ4v) is 4.35. The molecular formula is C23H31FN6O2. The standard InChI is InChI=1S/C23H31FN6O2/c1-17-3-4-19(21(15-17)28-8-5-20(24)6-9-28)16-27-11-13-29(14-12-27)23(32)30-10-7-22(26-30)25-18(2)31/h3-4,7,10,15,20H,5-6,8-9,11-14,16H2,1-2H3,(H,25,26,31). The number of benzene rings is 1. The minimum absolute atomic E-state index is 0.189. The predicted molar refractivity (Wildman–Crippen MR) is 122 cm³/mol. The number of aryl methyl sites for hydroxylation is 1. The molecule has 0 aliphatic carbocycles. The molecule has 3 heterocycles. The average molecular weight is 443 g/mol. The molecule has 9 heteroatoms. The van der Waals surface area contributed by atoms with Crippen molar-refractivity contribution in [2.75, 3.05) is 49.5 Å². The molecule has 2 saturated heterocycles. The summed E-state index contributed by atoms with van der Waals surface area (Å²) >= 11 is 0. The number of hydrogen-bond acceptors (Lipinski definition) is 5. The molecule has 2 aliphatic rings. The third-order valence-electron chi connectivity index (χ3n) is 6.13. The Bertz CT molecular complexity index is 961. The van der Waals surface area contributed by atoms with Gasteiger partial charge >= 0.3 is 6.03 Å². The summed E-state index contributed by atoms with van der Waals surface area (Å²) in [6.07, 6.45) is 2.06. The SMILES string of the molecule is CC(=O)Nc1ccn(C(=O)N2CCN(Cc3ccc(C)cc3N3CCC(F)CC3)CC2)n1. The average Bonchev–Trinajstić information content (AvgIpc) is 3.23. The molecule has 2 aliphatic heterocycles. The molecule has 1 aromatic carbocycles. The zero-order valence-corrected chi connectivity index (χ0v) is 18.8. The van der Waals surface area contributed by atoms with Crippen LogP contribution in [0.4, 0.5) is 20.7 Å². The number of halogens is 1. The molecule has 0 bridgehead atoms. The van der Waals surface area contributed by atoms with Crippen LogP contribution in [0.1, 0.15) is 30.9 Å². The summed E-state index contributed by atoms with van der Waals surface area (Å²) < 4.78 is 14.9. The number of hydrogen-bond donors (Lipinski definition) is 1. The highest BCUT2D eigenvalue weighted by molar-refractivity contribution is 5.88. The van der Waals surface area contributed by atoms with E-state index in [-0.39, 0.29) is 11.9 Å². The van der Waals surface area contributed by atoms with Crippen molar-refractivity contribution in [1.29, 1.82) is 0 Å². The van der Waals surface area contributed by atoms with E-state index in [1.807, 2.05) is 0 Å². The number of aromatic nitrogens is 2. The first-order chi connectivity index (χ1) is 15.4. The number of carbonyl (C=O) groups excluding carboxylic acids is 2. The van der Waals surface area contributed by atoms with Gasteiger partial charge in [-0.25, -0.2) is 9.18 Å². The first kappa shape index (κ1) is 22.3. The molecule has 2 amide bonds. The van der Waals surface area contributed by atoms with E-state index >= 15 is 0 Å². The van der Waals surface area contributed by atoms with Crippen molar-refractivity contribution in [3.05, 3.63) is 41.6 Å². The van der Waals surface area contributed by atoms with Crippen molar-refractivity contribution in [3.63, 3.8) is 0 Å². The molecule has 0 atom stereocenters. The number of amides is 2.